The molecule has 0 saturated carbocycles. The van der Waals surface area contributed by atoms with E-state index in [-0.39, 0.29) is 17.6 Å². The van der Waals surface area contributed by atoms with E-state index in [1.807, 2.05) is 0 Å². The minimum Gasteiger partial charge on any atom is -0.373 e. The molecule has 1 aliphatic rings. The molecule has 2 rings (SSSR count). The first kappa shape index (κ1) is 13.5. The predicted octanol–water partition coefficient (Wildman–Crippen LogP) is 2.62. The molecule has 5 heteroatoms. The zero-order valence-electron chi connectivity index (χ0n) is 11.7. The second kappa shape index (κ2) is 5.36. The Balaban J connectivity index is 2.13. The first-order valence-electron chi connectivity index (χ1n) is 6.62. The van der Waals surface area contributed by atoms with Gasteiger partial charge in [-0.2, -0.15) is 4.98 Å². The third-order valence-electron chi connectivity index (χ3n) is 3.32. The molecular formula is C13H23N3O2. The van der Waals surface area contributed by atoms with Crippen LogP contribution in [0.4, 0.5) is 0 Å². The lowest BCUT2D eigenvalue weighted by Gasteiger charge is -2.26. The Kier molecular flexibility index (Phi) is 4.02. The minimum absolute atomic E-state index is 0.0457. The summed E-state index contributed by atoms with van der Waals surface area (Å²) in [5.41, 5.74) is -0.0457. The molecule has 2 atom stereocenters. The maximum atomic E-state index is 5.50. The van der Waals surface area contributed by atoms with E-state index in [9.17, 15) is 0 Å². The first-order valence-corrected chi connectivity index (χ1v) is 6.62. The van der Waals surface area contributed by atoms with Gasteiger partial charge in [0.25, 0.3) is 0 Å². The van der Waals surface area contributed by atoms with Gasteiger partial charge in [-0.3, -0.25) is 0 Å². The van der Waals surface area contributed by atoms with Gasteiger partial charge in [0.2, 0.25) is 11.7 Å². The Bertz CT molecular complexity index is 378. The second-order valence-corrected chi connectivity index (χ2v) is 5.98. The van der Waals surface area contributed by atoms with Crippen molar-refractivity contribution >= 4 is 0 Å². The lowest BCUT2D eigenvalue weighted by atomic mass is 9.88. The van der Waals surface area contributed by atoms with Crippen LogP contribution in [0.25, 0.3) is 0 Å². The number of nitrogens with zero attached hydrogens (tertiary/aromatic N) is 2. The zero-order valence-corrected chi connectivity index (χ0v) is 11.7. The first-order chi connectivity index (χ1) is 8.52. The highest BCUT2D eigenvalue weighted by Gasteiger charge is 2.31. The fraction of sp³-hybridized carbons (Fsp3) is 0.846. The fourth-order valence-corrected chi connectivity index (χ4v) is 2.40. The summed E-state index contributed by atoms with van der Waals surface area (Å²) in [5.74, 6) is 1.34. The monoisotopic (exact) mass is 253 g/mol. The summed E-state index contributed by atoms with van der Waals surface area (Å²) >= 11 is 0. The molecule has 0 aliphatic carbocycles. The highest BCUT2D eigenvalue weighted by atomic mass is 16.5. The maximum Gasteiger partial charge on any atom is 0.243 e. The van der Waals surface area contributed by atoms with Gasteiger partial charge < -0.3 is 14.6 Å². The van der Waals surface area contributed by atoms with Crippen molar-refractivity contribution in [3.05, 3.63) is 11.7 Å². The van der Waals surface area contributed by atoms with Crippen LogP contribution >= 0.6 is 0 Å². The van der Waals surface area contributed by atoms with Crippen LogP contribution in [0.1, 0.15) is 63.9 Å². The molecule has 1 aromatic heterocycles. The minimum atomic E-state index is -0.140. The van der Waals surface area contributed by atoms with Gasteiger partial charge in [-0.25, -0.2) is 0 Å². The van der Waals surface area contributed by atoms with Crippen LogP contribution in [0, 0.1) is 5.41 Å². The van der Waals surface area contributed by atoms with Gasteiger partial charge in [-0.15, -0.1) is 0 Å². The Morgan fingerprint density at radius 2 is 2.17 bits per heavy atom. The second-order valence-electron chi connectivity index (χ2n) is 5.98. The van der Waals surface area contributed by atoms with Crippen LogP contribution in [0.3, 0.4) is 0 Å². The lowest BCUT2D eigenvalue weighted by Crippen LogP contribution is -2.27. The summed E-state index contributed by atoms with van der Waals surface area (Å²) in [5, 5.41) is 7.49. The quantitative estimate of drug-likeness (QED) is 0.897. The molecule has 102 valence electrons. The van der Waals surface area contributed by atoms with E-state index in [1.54, 1.807) is 7.11 Å². The number of hydrogen-bond acceptors (Lipinski definition) is 5. The molecule has 1 aliphatic heterocycles. The number of ether oxygens (including phenoxy) is 1. The molecule has 1 fully saturated rings. The highest BCUT2D eigenvalue weighted by Crippen LogP contribution is 2.34. The molecule has 0 radical (unpaired) electrons. The summed E-state index contributed by atoms with van der Waals surface area (Å²) in [6.07, 6.45) is 3.36. The van der Waals surface area contributed by atoms with Crippen LogP contribution in [0.2, 0.25) is 0 Å². The van der Waals surface area contributed by atoms with Crippen LogP contribution < -0.4 is 5.32 Å². The standard InChI is InChI=1S/C13H23N3O2/c1-13(2,3)10(17-4)11-15-12(18-16-11)9-7-5-6-8-14-9/h9-10,14H,5-8H2,1-4H3. The Morgan fingerprint density at radius 1 is 1.39 bits per heavy atom. The Labute approximate surface area is 108 Å². The van der Waals surface area contributed by atoms with Crippen LogP contribution in [-0.4, -0.2) is 23.8 Å². The van der Waals surface area contributed by atoms with Crippen LogP contribution in [-0.2, 0) is 4.74 Å². The topological polar surface area (TPSA) is 60.2 Å². The SMILES string of the molecule is COC(c1noc(C2CCCCN2)n1)C(C)(C)C. The number of nitrogens with one attached hydrogen (secondary N) is 1. The lowest BCUT2D eigenvalue weighted by molar-refractivity contribution is 0.00718. The molecular weight excluding hydrogens is 230 g/mol. The van der Waals surface area contributed by atoms with Crippen LogP contribution in [0.5, 0.6) is 0 Å². The van der Waals surface area contributed by atoms with Gasteiger partial charge in [0, 0.05) is 7.11 Å². The van der Waals surface area contributed by atoms with Gasteiger partial charge in [0.1, 0.15) is 6.10 Å². The molecule has 0 spiro atoms. The molecule has 1 N–H and O–H groups in total. The van der Waals surface area contributed by atoms with Crippen molar-refractivity contribution in [2.24, 2.45) is 5.41 Å². The van der Waals surface area contributed by atoms with E-state index in [0.29, 0.717) is 11.7 Å². The van der Waals surface area contributed by atoms with Crippen molar-refractivity contribution in [3.63, 3.8) is 0 Å². The Hall–Kier alpha value is -0.940. The number of methoxy groups -OCH3 is 1. The largest absolute Gasteiger partial charge is 0.373 e. The van der Waals surface area contributed by atoms with E-state index in [1.165, 1.54) is 12.8 Å². The third kappa shape index (κ3) is 2.90. The summed E-state index contributed by atoms with van der Waals surface area (Å²) in [4.78, 5) is 4.51. The number of hydrogen-bond donors (Lipinski definition) is 1. The van der Waals surface area contributed by atoms with E-state index < -0.39 is 0 Å². The van der Waals surface area contributed by atoms with Gasteiger partial charge in [0.05, 0.1) is 6.04 Å². The highest BCUT2D eigenvalue weighted by molar-refractivity contribution is 4.99. The van der Waals surface area contributed by atoms with E-state index in [4.69, 9.17) is 9.26 Å². The number of aromatic nitrogens is 2. The number of rotatable bonds is 3. The number of piperidine rings is 1. The van der Waals surface area contributed by atoms with E-state index in [0.717, 1.165) is 13.0 Å². The van der Waals surface area contributed by atoms with E-state index >= 15 is 0 Å². The van der Waals surface area contributed by atoms with Crippen molar-refractivity contribution in [2.45, 2.75) is 52.2 Å². The molecule has 2 heterocycles. The van der Waals surface area contributed by atoms with Gasteiger partial charge >= 0.3 is 0 Å². The summed E-state index contributed by atoms with van der Waals surface area (Å²) in [7, 11) is 1.69. The van der Waals surface area contributed by atoms with Gasteiger partial charge in [0.15, 0.2) is 0 Å². The fourth-order valence-electron chi connectivity index (χ4n) is 2.40. The zero-order chi connectivity index (χ0) is 13.2. The van der Waals surface area contributed by atoms with E-state index in [2.05, 4.69) is 36.2 Å². The van der Waals surface area contributed by atoms with Gasteiger partial charge in [-0.05, 0) is 24.8 Å². The summed E-state index contributed by atoms with van der Waals surface area (Å²) in [6, 6.07) is 0.206. The average Bonchev–Trinajstić information content (AvgIpc) is 2.78. The molecule has 18 heavy (non-hydrogen) atoms. The summed E-state index contributed by atoms with van der Waals surface area (Å²) < 4.78 is 10.9. The van der Waals surface area contributed by atoms with Crippen molar-refractivity contribution in [1.29, 1.82) is 0 Å². The van der Waals surface area contributed by atoms with Crippen molar-refractivity contribution in [3.8, 4) is 0 Å². The summed E-state index contributed by atoms with van der Waals surface area (Å²) in [6.45, 7) is 7.34. The molecule has 0 aromatic carbocycles. The van der Waals surface area contributed by atoms with Crippen LogP contribution in [0.15, 0.2) is 4.52 Å². The van der Waals surface area contributed by atoms with Gasteiger partial charge in [-0.1, -0.05) is 32.3 Å². The molecule has 0 amide bonds. The normalized spacial score (nSPS) is 23.0. The molecule has 0 bridgehead atoms. The average molecular weight is 253 g/mol. The third-order valence-corrected chi connectivity index (χ3v) is 3.32. The Morgan fingerprint density at radius 3 is 2.72 bits per heavy atom. The molecule has 1 saturated heterocycles. The maximum absolute atomic E-state index is 5.50. The predicted molar refractivity (Wildman–Crippen MR) is 68.1 cm³/mol. The van der Waals surface area contributed by atoms with Crippen molar-refractivity contribution in [1.82, 2.24) is 15.5 Å². The van der Waals surface area contributed by atoms with Crippen molar-refractivity contribution < 1.29 is 9.26 Å². The molecule has 2 unspecified atom stereocenters. The molecule has 1 aromatic rings. The smallest absolute Gasteiger partial charge is 0.243 e. The van der Waals surface area contributed by atoms with Crippen molar-refractivity contribution in [2.75, 3.05) is 13.7 Å². The molecule has 5 nitrogen and oxygen atoms in total.